The Morgan fingerprint density at radius 1 is 1.11 bits per heavy atom. The topological polar surface area (TPSA) is 99.9 Å². The highest BCUT2D eigenvalue weighted by atomic mass is 19.1. The zero-order chi connectivity index (χ0) is 26.0. The molecule has 9 nitrogen and oxygen atoms in total. The molecule has 1 saturated heterocycles. The number of pyridine rings is 1. The summed E-state index contributed by atoms with van der Waals surface area (Å²) in [5, 5.41) is 7.50. The minimum absolute atomic E-state index is 0.201. The van der Waals surface area contributed by atoms with E-state index >= 15 is 0 Å². The van der Waals surface area contributed by atoms with Gasteiger partial charge in [-0.25, -0.2) is 14.8 Å². The van der Waals surface area contributed by atoms with E-state index in [1.807, 2.05) is 55.2 Å². The summed E-state index contributed by atoms with van der Waals surface area (Å²) in [4.78, 5) is 18.6. The SMILES string of the molecule is C=C(C)/N=C\C=C(/C)c1cccc(Nc2ccc(/C=N/Nc3ncc(F)c(N4CCOCC4)n3)nc2)c1. The van der Waals surface area contributed by atoms with E-state index in [4.69, 9.17) is 4.74 Å². The number of ether oxygens (including phenoxy) is 1. The Balaban J connectivity index is 1.35. The molecule has 2 N–H and O–H groups in total. The molecule has 3 heterocycles. The summed E-state index contributed by atoms with van der Waals surface area (Å²) in [7, 11) is 0. The number of hydrogen-bond acceptors (Lipinski definition) is 9. The van der Waals surface area contributed by atoms with Crippen molar-refractivity contribution in [1.29, 1.82) is 0 Å². The van der Waals surface area contributed by atoms with Crippen molar-refractivity contribution in [2.45, 2.75) is 13.8 Å². The lowest BCUT2D eigenvalue weighted by atomic mass is 10.1. The van der Waals surface area contributed by atoms with Crippen LogP contribution in [0.1, 0.15) is 25.1 Å². The first-order valence-electron chi connectivity index (χ1n) is 11.8. The van der Waals surface area contributed by atoms with Crippen molar-refractivity contribution in [3.05, 3.63) is 84.2 Å². The van der Waals surface area contributed by atoms with E-state index in [1.165, 1.54) is 0 Å². The van der Waals surface area contributed by atoms with Gasteiger partial charge in [-0.15, -0.1) is 0 Å². The van der Waals surface area contributed by atoms with Crippen molar-refractivity contribution in [2.75, 3.05) is 41.9 Å². The largest absolute Gasteiger partial charge is 0.378 e. The number of nitrogens with zero attached hydrogens (tertiary/aromatic N) is 6. The Bertz CT molecular complexity index is 1310. The van der Waals surface area contributed by atoms with Gasteiger partial charge in [0.25, 0.3) is 0 Å². The van der Waals surface area contributed by atoms with Crippen molar-refractivity contribution >= 4 is 41.1 Å². The van der Waals surface area contributed by atoms with Crippen LogP contribution < -0.4 is 15.6 Å². The molecule has 4 rings (SSSR count). The molecule has 190 valence electrons. The van der Waals surface area contributed by atoms with E-state index in [0.717, 1.165) is 34.4 Å². The Morgan fingerprint density at radius 3 is 2.70 bits per heavy atom. The third-order valence-electron chi connectivity index (χ3n) is 5.41. The van der Waals surface area contributed by atoms with Gasteiger partial charge in [-0.3, -0.25) is 9.98 Å². The molecule has 10 heteroatoms. The Labute approximate surface area is 215 Å². The summed E-state index contributed by atoms with van der Waals surface area (Å²) < 4.78 is 19.5. The van der Waals surface area contributed by atoms with Crippen LogP contribution in [0.4, 0.5) is 27.5 Å². The average Bonchev–Trinajstić information content (AvgIpc) is 2.91. The van der Waals surface area contributed by atoms with Crippen LogP contribution in [0.2, 0.25) is 0 Å². The number of hydrazone groups is 1. The van der Waals surface area contributed by atoms with E-state index in [-0.39, 0.29) is 11.8 Å². The van der Waals surface area contributed by atoms with Crippen LogP contribution >= 0.6 is 0 Å². The van der Waals surface area contributed by atoms with Gasteiger partial charge < -0.3 is 15.0 Å². The first-order valence-corrected chi connectivity index (χ1v) is 11.8. The van der Waals surface area contributed by atoms with E-state index in [2.05, 4.69) is 48.4 Å². The van der Waals surface area contributed by atoms with Gasteiger partial charge in [-0.1, -0.05) is 18.7 Å². The third kappa shape index (κ3) is 7.52. The standard InChI is InChI=1S/C27H29FN8O/c1-19(2)29-10-9-20(3)21-5-4-6-22(15-21)33-24-8-7-23(30-16-24)17-32-35-27-31-18-25(28)26(34-27)36-11-13-37-14-12-36/h4-10,15-18,33H,1,11-14H2,2-3H3,(H,31,34,35)/b20-9+,29-10-,32-17+. The molecule has 0 aliphatic carbocycles. The molecule has 0 bridgehead atoms. The minimum Gasteiger partial charge on any atom is -0.378 e. The summed E-state index contributed by atoms with van der Waals surface area (Å²) in [5.74, 6) is -0.0404. The zero-order valence-corrected chi connectivity index (χ0v) is 20.9. The predicted molar refractivity (Wildman–Crippen MR) is 147 cm³/mol. The van der Waals surface area contributed by atoms with Gasteiger partial charge in [0, 0.05) is 30.7 Å². The van der Waals surface area contributed by atoms with Gasteiger partial charge in [0.05, 0.1) is 43.2 Å². The van der Waals surface area contributed by atoms with Crippen LogP contribution in [-0.4, -0.2) is 53.7 Å². The predicted octanol–water partition coefficient (Wildman–Crippen LogP) is 5.04. The number of nitrogens with one attached hydrogen (secondary N) is 2. The first kappa shape index (κ1) is 25.6. The van der Waals surface area contributed by atoms with Gasteiger partial charge in [0.2, 0.25) is 5.95 Å². The number of rotatable bonds is 9. The normalized spacial score (nSPS) is 14.4. The molecule has 1 fully saturated rings. The molecule has 1 aromatic carbocycles. The Hall–Kier alpha value is -4.44. The van der Waals surface area contributed by atoms with Crippen LogP contribution in [0.25, 0.3) is 5.57 Å². The summed E-state index contributed by atoms with van der Waals surface area (Å²) >= 11 is 0. The maximum atomic E-state index is 14.2. The highest BCUT2D eigenvalue weighted by Gasteiger charge is 2.17. The summed E-state index contributed by atoms with van der Waals surface area (Å²) in [5.41, 5.74) is 8.09. The van der Waals surface area contributed by atoms with Crippen LogP contribution in [0.3, 0.4) is 0 Å². The van der Waals surface area contributed by atoms with Gasteiger partial charge in [0.15, 0.2) is 11.6 Å². The van der Waals surface area contributed by atoms with Crippen LogP contribution in [0.5, 0.6) is 0 Å². The number of halogens is 1. The van der Waals surface area contributed by atoms with Gasteiger partial charge in [0.1, 0.15) is 0 Å². The number of morpholine rings is 1. The fourth-order valence-corrected chi connectivity index (χ4v) is 3.50. The molecule has 1 aliphatic rings. The number of hydrogen-bond donors (Lipinski definition) is 2. The average molecular weight is 501 g/mol. The molecule has 0 radical (unpaired) electrons. The molecule has 3 aromatic rings. The lowest BCUT2D eigenvalue weighted by Gasteiger charge is -2.27. The van der Waals surface area contributed by atoms with Crippen LogP contribution in [0, 0.1) is 5.82 Å². The number of allylic oxidation sites excluding steroid dienone is 3. The zero-order valence-electron chi connectivity index (χ0n) is 20.9. The van der Waals surface area contributed by atoms with Crippen molar-refractivity contribution in [3.63, 3.8) is 0 Å². The van der Waals surface area contributed by atoms with Gasteiger partial charge in [-0.05, 0) is 55.3 Å². The van der Waals surface area contributed by atoms with E-state index in [0.29, 0.717) is 32.0 Å². The second-order valence-corrected chi connectivity index (χ2v) is 8.38. The van der Waals surface area contributed by atoms with Crippen molar-refractivity contribution in [2.24, 2.45) is 10.1 Å². The summed E-state index contributed by atoms with van der Waals surface area (Å²) in [6.07, 6.45) is 8.11. The first-order chi connectivity index (χ1) is 18.0. The smallest absolute Gasteiger partial charge is 0.245 e. The molecule has 0 saturated carbocycles. The van der Waals surface area contributed by atoms with Crippen LogP contribution in [-0.2, 0) is 4.74 Å². The molecule has 37 heavy (non-hydrogen) atoms. The van der Waals surface area contributed by atoms with Crippen molar-refractivity contribution in [1.82, 2.24) is 15.0 Å². The molecule has 0 atom stereocenters. The highest BCUT2D eigenvalue weighted by molar-refractivity contribution is 5.85. The number of aliphatic imine (C=N–C) groups is 1. The molecule has 0 amide bonds. The second-order valence-electron chi connectivity index (χ2n) is 8.38. The molecular formula is C27H29FN8O. The fraction of sp³-hybridized carbons (Fsp3) is 0.222. The number of aromatic nitrogens is 3. The quantitative estimate of drug-likeness (QED) is 0.313. The molecule has 1 aliphatic heterocycles. The molecule has 0 unspecified atom stereocenters. The lowest BCUT2D eigenvalue weighted by Crippen LogP contribution is -2.37. The van der Waals surface area contributed by atoms with Gasteiger partial charge >= 0.3 is 0 Å². The van der Waals surface area contributed by atoms with Crippen molar-refractivity contribution < 1.29 is 9.13 Å². The maximum absolute atomic E-state index is 14.2. The van der Waals surface area contributed by atoms with E-state index in [1.54, 1.807) is 18.6 Å². The molecule has 0 spiro atoms. The maximum Gasteiger partial charge on any atom is 0.245 e. The van der Waals surface area contributed by atoms with Crippen molar-refractivity contribution in [3.8, 4) is 0 Å². The van der Waals surface area contributed by atoms with Crippen LogP contribution in [0.15, 0.2) is 77.2 Å². The molecule has 2 aromatic heterocycles. The minimum atomic E-state index is -0.477. The Morgan fingerprint density at radius 2 is 1.95 bits per heavy atom. The van der Waals surface area contributed by atoms with Gasteiger partial charge in [-0.2, -0.15) is 10.1 Å². The lowest BCUT2D eigenvalue weighted by molar-refractivity contribution is 0.122. The molecular weight excluding hydrogens is 471 g/mol. The third-order valence-corrected chi connectivity index (χ3v) is 5.41. The van der Waals surface area contributed by atoms with E-state index in [9.17, 15) is 4.39 Å². The van der Waals surface area contributed by atoms with E-state index < -0.39 is 5.82 Å². The number of benzene rings is 1. The Kier molecular flexibility index (Phi) is 8.66. The summed E-state index contributed by atoms with van der Waals surface area (Å²) in [6.45, 7) is 9.88. The fourth-order valence-electron chi connectivity index (χ4n) is 3.50. The second kappa shape index (κ2) is 12.5. The summed E-state index contributed by atoms with van der Waals surface area (Å²) in [6, 6.07) is 11.8. The number of anilines is 4. The monoisotopic (exact) mass is 500 g/mol. The highest BCUT2D eigenvalue weighted by Crippen LogP contribution is 2.22.